The molecule has 2 aliphatic rings. The van der Waals surface area contributed by atoms with Crippen LogP contribution in [0.5, 0.6) is 5.75 Å². The Kier molecular flexibility index (Phi) is 7.20. The first-order valence-electron chi connectivity index (χ1n) is 11.4. The van der Waals surface area contributed by atoms with E-state index in [-0.39, 0.29) is 24.3 Å². The molecular formula is C27H23BrN4O3S. The van der Waals surface area contributed by atoms with Crippen LogP contribution in [0.15, 0.2) is 93.4 Å². The zero-order chi connectivity index (χ0) is 25.1. The molecule has 0 saturated heterocycles. The molecule has 2 heterocycles. The fraction of sp³-hybridized carbons (Fsp3) is 0.185. The van der Waals surface area contributed by atoms with E-state index < -0.39 is 5.25 Å². The third-order valence-corrected chi connectivity index (χ3v) is 7.61. The summed E-state index contributed by atoms with van der Waals surface area (Å²) in [6, 6.07) is 24.9. The number of carbonyl (C=O) groups excluding carboxylic acids is 2. The molecule has 0 saturated carbocycles. The first-order chi connectivity index (χ1) is 17.5. The minimum absolute atomic E-state index is 0.0389. The third kappa shape index (κ3) is 5.37. The molecule has 2 atom stereocenters. The number of anilines is 1. The van der Waals surface area contributed by atoms with Crippen molar-refractivity contribution in [3.8, 4) is 5.75 Å². The Labute approximate surface area is 221 Å². The van der Waals surface area contributed by atoms with Gasteiger partial charge in [0.05, 0.1) is 18.9 Å². The molecule has 182 valence electrons. The average molecular weight is 563 g/mol. The van der Waals surface area contributed by atoms with Gasteiger partial charge in [-0.15, -0.1) is 0 Å². The van der Waals surface area contributed by atoms with Crippen molar-refractivity contribution in [3.05, 3.63) is 94.5 Å². The molecule has 9 heteroatoms. The Balaban J connectivity index is 1.36. The topological polar surface area (TPSA) is 83.4 Å². The number of ether oxygens (including phenoxy) is 1. The summed E-state index contributed by atoms with van der Waals surface area (Å²) in [4.78, 5) is 29.6. The largest absolute Gasteiger partial charge is 0.497 e. The van der Waals surface area contributed by atoms with Gasteiger partial charge in [-0.25, -0.2) is 5.01 Å². The van der Waals surface area contributed by atoms with Gasteiger partial charge in [0.1, 0.15) is 11.0 Å². The highest BCUT2D eigenvalue weighted by atomic mass is 79.9. The van der Waals surface area contributed by atoms with Gasteiger partial charge in [0.15, 0.2) is 5.17 Å². The van der Waals surface area contributed by atoms with Crippen molar-refractivity contribution < 1.29 is 14.3 Å². The summed E-state index contributed by atoms with van der Waals surface area (Å²) in [6.07, 6.45) is 0.693. The van der Waals surface area contributed by atoms with Crippen LogP contribution >= 0.6 is 27.7 Å². The Morgan fingerprint density at radius 3 is 2.50 bits per heavy atom. The van der Waals surface area contributed by atoms with Crippen LogP contribution < -0.4 is 10.1 Å². The number of halogens is 1. The zero-order valence-electron chi connectivity index (χ0n) is 19.4. The second-order valence-corrected chi connectivity index (χ2v) is 10.4. The highest BCUT2D eigenvalue weighted by molar-refractivity contribution is 9.10. The summed E-state index contributed by atoms with van der Waals surface area (Å²) in [5.41, 5.74) is 3.63. The maximum Gasteiger partial charge on any atom is 0.262 e. The highest BCUT2D eigenvalue weighted by Crippen LogP contribution is 2.39. The summed E-state index contributed by atoms with van der Waals surface area (Å²) in [7, 11) is 1.64. The first-order valence-corrected chi connectivity index (χ1v) is 13.1. The molecule has 0 spiro atoms. The summed E-state index contributed by atoms with van der Waals surface area (Å²) >= 11 is 4.78. The minimum Gasteiger partial charge on any atom is -0.497 e. The van der Waals surface area contributed by atoms with Gasteiger partial charge in [0, 0.05) is 23.0 Å². The van der Waals surface area contributed by atoms with E-state index in [4.69, 9.17) is 9.84 Å². The van der Waals surface area contributed by atoms with Gasteiger partial charge in [0.2, 0.25) is 5.91 Å². The normalized spacial score (nSPS) is 19.2. The number of thioether (sulfide) groups is 1. The minimum atomic E-state index is -0.588. The van der Waals surface area contributed by atoms with E-state index in [2.05, 4.69) is 26.2 Å². The molecule has 3 aromatic rings. The number of hydrogen-bond donors (Lipinski definition) is 1. The van der Waals surface area contributed by atoms with Crippen LogP contribution in [0.25, 0.3) is 0 Å². The molecule has 5 rings (SSSR count). The van der Waals surface area contributed by atoms with Crippen LogP contribution in [-0.2, 0) is 9.59 Å². The number of aliphatic imine (C=N–C) groups is 1. The fourth-order valence-electron chi connectivity index (χ4n) is 4.10. The maximum atomic E-state index is 12.8. The lowest BCUT2D eigenvalue weighted by atomic mass is 9.98. The van der Waals surface area contributed by atoms with Crippen LogP contribution in [0.4, 0.5) is 5.69 Å². The second-order valence-electron chi connectivity index (χ2n) is 8.35. The van der Waals surface area contributed by atoms with Gasteiger partial charge in [-0.05, 0) is 59.7 Å². The Morgan fingerprint density at radius 2 is 1.81 bits per heavy atom. The summed E-state index contributed by atoms with van der Waals surface area (Å²) in [5.74, 6) is 0.231. The van der Waals surface area contributed by atoms with Crippen molar-refractivity contribution in [2.45, 2.75) is 24.1 Å². The Hall–Kier alpha value is -3.43. The van der Waals surface area contributed by atoms with Crippen molar-refractivity contribution in [1.29, 1.82) is 0 Å². The molecule has 2 aliphatic heterocycles. The molecule has 3 aromatic carbocycles. The van der Waals surface area contributed by atoms with Crippen molar-refractivity contribution in [1.82, 2.24) is 5.01 Å². The van der Waals surface area contributed by atoms with E-state index in [0.29, 0.717) is 17.3 Å². The Bertz CT molecular complexity index is 1330. The number of rotatable bonds is 6. The summed E-state index contributed by atoms with van der Waals surface area (Å²) in [5, 5.41) is 9.46. The predicted octanol–water partition coefficient (Wildman–Crippen LogP) is 5.64. The molecule has 0 unspecified atom stereocenters. The van der Waals surface area contributed by atoms with Crippen LogP contribution in [0.2, 0.25) is 0 Å². The lowest BCUT2D eigenvalue weighted by Crippen LogP contribution is -2.25. The number of benzene rings is 3. The lowest BCUT2D eigenvalue weighted by molar-refractivity contribution is -0.121. The van der Waals surface area contributed by atoms with Crippen LogP contribution in [0.3, 0.4) is 0 Å². The molecule has 0 radical (unpaired) electrons. The number of amides is 2. The molecule has 1 N–H and O–H groups in total. The molecule has 0 bridgehead atoms. The number of hydrogen-bond acceptors (Lipinski definition) is 6. The molecule has 0 fully saturated rings. The monoisotopic (exact) mass is 562 g/mol. The number of amidine groups is 1. The molecule has 36 heavy (non-hydrogen) atoms. The van der Waals surface area contributed by atoms with Crippen LogP contribution in [0.1, 0.15) is 30.0 Å². The van der Waals surface area contributed by atoms with Crippen LogP contribution in [-0.4, -0.2) is 40.1 Å². The number of nitrogens with zero attached hydrogens (tertiary/aromatic N) is 3. The van der Waals surface area contributed by atoms with E-state index in [0.717, 1.165) is 27.1 Å². The Morgan fingerprint density at radius 1 is 1.08 bits per heavy atom. The molecule has 7 nitrogen and oxygen atoms in total. The quantitative estimate of drug-likeness (QED) is 0.420. The zero-order valence-corrected chi connectivity index (χ0v) is 21.8. The van der Waals surface area contributed by atoms with Gasteiger partial charge in [-0.1, -0.05) is 58.0 Å². The van der Waals surface area contributed by atoms with E-state index >= 15 is 0 Å². The SMILES string of the molecule is COc1ccc(C2=NN(C3=NC(=O)[C@@H](CC(=O)Nc4ccccc4)S3)[C@H](c3ccc(Br)cc3)C2)cc1. The number of carbonyl (C=O) groups is 2. The average Bonchev–Trinajstić information content (AvgIpc) is 3.49. The molecular weight excluding hydrogens is 540 g/mol. The van der Waals surface area contributed by atoms with Crippen molar-refractivity contribution in [2.24, 2.45) is 10.1 Å². The molecule has 0 aromatic heterocycles. The highest BCUT2D eigenvalue weighted by Gasteiger charge is 2.39. The summed E-state index contributed by atoms with van der Waals surface area (Å²) < 4.78 is 6.27. The van der Waals surface area contributed by atoms with E-state index in [1.807, 2.05) is 83.9 Å². The van der Waals surface area contributed by atoms with E-state index in [1.165, 1.54) is 11.8 Å². The van der Waals surface area contributed by atoms with Gasteiger partial charge in [0.25, 0.3) is 5.91 Å². The van der Waals surface area contributed by atoms with Gasteiger partial charge in [-0.3, -0.25) is 9.59 Å². The predicted molar refractivity (Wildman–Crippen MR) is 146 cm³/mol. The van der Waals surface area contributed by atoms with E-state index in [1.54, 1.807) is 7.11 Å². The third-order valence-electron chi connectivity index (χ3n) is 5.94. The van der Waals surface area contributed by atoms with Crippen molar-refractivity contribution in [2.75, 3.05) is 12.4 Å². The van der Waals surface area contributed by atoms with E-state index in [9.17, 15) is 9.59 Å². The van der Waals surface area contributed by atoms with Gasteiger partial charge >= 0.3 is 0 Å². The van der Waals surface area contributed by atoms with Gasteiger partial charge < -0.3 is 10.1 Å². The standard InChI is InChI=1S/C27H23BrN4O3S/c1-35-21-13-9-17(10-14-21)22-15-23(18-7-11-19(28)12-8-18)32(31-22)27-30-26(34)24(36-27)16-25(33)29-20-5-3-2-4-6-20/h2-14,23-24H,15-16H2,1H3,(H,29,33)/t23-,24+/m0/s1. The number of hydrazone groups is 1. The first kappa shape index (κ1) is 24.3. The fourth-order valence-corrected chi connectivity index (χ4v) is 5.42. The molecule has 2 amide bonds. The summed E-state index contributed by atoms with van der Waals surface area (Å²) in [6.45, 7) is 0. The van der Waals surface area contributed by atoms with Gasteiger partial charge in [-0.2, -0.15) is 10.1 Å². The lowest BCUT2D eigenvalue weighted by Gasteiger charge is -2.23. The second kappa shape index (κ2) is 10.7. The van der Waals surface area contributed by atoms with Crippen molar-refractivity contribution >= 4 is 56.1 Å². The number of para-hydroxylation sites is 1. The smallest absolute Gasteiger partial charge is 0.262 e. The van der Waals surface area contributed by atoms with Crippen LogP contribution in [0, 0.1) is 0 Å². The molecule has 0 aliphatic carbocycles. The number of nitrogens with one attached hydrogen (secondary N) is 1. The van der Waals surface area contributed by atoms with Crippen molar-refractivity contribution in [3.63, 3.8) is 0 Å². The maximum absolute atomic E-state index is 12.8. The number of methoxy groups -OCH3 is 1.